The minimum atomic E-state index is -0.700. The molecule has 28 heavy (non-hydrogen) atoms. The fourth-order valence-electron chi connectivity index (χ4n) is 4.06. The van der Waals surface area contributed by atoms with Crippen LogP contribution in [0, 0.1) is 21.4 Å². The van der Waals surface area contributed by atoms with E-state index in [9.17, 15) is 20.2 Å². The molecular weight excluding hydrogens is 358 g/mol. The van der Waals surface area contributed by atoms with Crippen molar-refractivity contribution in [3.05, 3.63) is 34.4 Å². The van der Waals surface area contributed by atoms with Gasteiger partial charge in [-0.15, -0.1) is 0 Å². The van der Waals surface area contributed by atoms with E-state index in [0.717, 1.165) is 70.4 Å². The summed E-state index contributed by atoms with van der Waals surface area (Å²) in [6, 6.07) is 8.93. The van der Waals surface area contributed by atoms with E-state index < -0.39 is 10.5 Å². The van der Waals surface area contributed by atoms with E-state index in [1.54, 1.807) is 12.1 Å². The predicted octanol–water partition coefficient (Wildman–Crippen LogP) is 2.45. The highest BCUT2D eigenvalue weighted by atomic mass is 16.6. The van der Waals surface area contributed by atoms with Gasteiger partial charge in [-0.05, 0) is 25.0 Å². The zero-order valence-electron chi connectivity index (χ0n) is 16.1. The molecule has 2 aliphatic rings. The normalized spacial score (nSPS) is 20.0. The van der Waals surface area contributed by atoms with Gasteiger partial charge < -0.3 is 10.2 Å². The molecule has 1 aromatic rings. The molecule has 1 saturated carbocycles. The Morgan fingerprint density at radius 2 is 1.71 bits per heavy atom. The van der Waals surface area contributed by atoms with Crippen LogP contribution in [0.25, 0.3) is 0 Å². The van der Waals surface area contributed by atoms with Crippen molar-refractivity contribution in [3.63, 3.8) is 0 Å². The van der Waals surface area contributed by atoms with Crippen LogP contribution in [-0.4, -0.2) is 54.0 Å². The Morgan fingerprint density at radius 3 is 2.25 bits per heavy atom. The van der Waals surface area contributed by atoms with E-state index in [0.29, 0.717) is 6.54 Å². The maximum absolute atomic E-state index is 12.5. The van der Waals surface area contributed by atoms with Crippen LogP contribution in [0.1, 0.15) is 38.5 Å². The second-order valence-electron chi connectivity index (χ2n) is 7.69. The van der Waals surface area contributed by atoms with Gasteiger partial charge in [0.15, 0.2) is 0 Å². The Kier molecular flexibility index (Phi) is 6.47. The number of anilines is 1. The molecule has 1 saturated heterocycles. The Balaban J connectivity index is 1.49. The van der Waals surface area contributed by atoms with Crippen molar-refractivity contribution in [2.75, 3.05) is 37.6 Å². The molecule has 3 rings (SSSR count). The van der Waals surface area contributed by atoms with Gasteiger partial charge in [-0.1, -0.05) is 25.7 Å². The van der Waals surface area contributed by atoms with E-state index in [2.05, 4.69) is 21.2 Å². The maximum atomic E-state index is 12.5. The summed E-state index contributed by atoms with van der Waals surface area (Å²) in [4.78, 5) is 27.2. The third-order valence-corrected chi connectivity index (χ3v) is 5.71. The van der Waals surface area contributed by atoms with Gasteiger partial charge in [-0.25, -0.2) is 0 Å². The van der Waals surface area contributed by atoms with Gasteiger partial charge in [-0.3, -0.25) is 19.8 Å². The predicted molar refractivity (Wildman–Crippen MR) is 106 cm³/mol. The molecule has 0 radical (unpaired) electrons. The van der Waals surface area contributed by atoms with Gasteiger partial charge >= 0.3 is 0 Å². The number of nitriles is 1. The van der Waals surface area contributed by atoms with E-state index >= 15 is 0 Å². The molecule has 1 amide bonds. The molecule has 1 aliphatic carbocycles. The molecule has 8 nitrogen and oxygen atoms in total. The van der Waals surface area contributed by atoms with Crippen molar-refractivity contribution in [2.45, 2.75) is 44.1 Å². The highest BCUT2D eigenvalue weighted by molar-refractivity contribution is 5.79. The van der Waals surface area contributed by atoms with Gasteiger partial charge in [0.1, 0.15) is 5.54 Å². The van der Waals surface area contributed by atoms with Crippen molar-refractivity contribution in [1.29, 1.82) is 5.26 Å². The number of nitrogens with zero attached hydrogens (tertiary/aromatic N) is 4. The highest BCUT2D eigenvalue weighted by Crippen LogP contribution is 2.26. The topological polar surface area (TPSA) is 103 Å². The van der Waals surface area contributed by atoms with Gasteiger partial charge in [0.25, 0.3) is 5.69 Å². The molecule has 2 fully saturated rings. The van der Waals surface area contributed by atoms with E-state index in [1.807, 2.05) is 0 Å². The number of hydrogen-bond acceptors (Lipinski definition) is 6. The minimum Gasteiger partial charge on any atom is -0.369 e. The molecular formula is C20H27N5O3. The molecule has 1 aliphatic heterocycles. The SMILES string of the molecule is N#CC1(NC(=O)CN2CCN(c3ccc([N+](=O)[O-])cc3)CC2)CCCCCC1. The van der Waals surface area contributed by atoms with Crippen molar-refractivity contribution >= 4 is 17.3 Å². The van der Waals surface area contributed by atoms with Gasteiger partial charge in [0.05, 0.1) is 17.5 Å². The summed E-state index contributed by atoms with van der Waals surface area (Å²) in [5, 5.41) is 23.4. The molecule has 8 heteroatoms. The molecule has 0 bridgehead atoms. The standard InChI is InChI=1S/C20H27N5O3/c21-16-20(9-3-1-2-4-10-20)22-19(26)15-23-11-13-24(14-12-23)17-5-7-18(8-6-17)25(27)28/h5-8H,1-4,9-15H2,(H,22,26). The number of non-ortho nitro benzene ring substituents is 1. The molecule has 1 N–H and O–H groups in total. The summed E-state index contributed by atoms with van der Waals surface area (Å²) in [7, 11) is 0. The van der Waals surface area contributed by atoms with Crippen LogP contribution in [0.15, 0.2) is 24.3 Å². The monoisotopic (exact) mass is 385 g/mol. The van der Waals surface area contributed by atoms with Crippen LogP contribution < -0.4 is 10.2 Å². The highest BCUT2D eigenvalue weighted by Gasteiger charge is 2.33. The molecule has 0 spiro atoms. The number of piperazine rings is 1. The fourth-order valence-corrected chi connectivity index (χ4v) is 4.06. The smallest absolute Gasteiger partial charge is 0.269 e. The van der Waals surface area contributed by atoms with E-state index in [-0.39, 0.29) is 11.6 Å². The number of nitrogens with one attached hydrogen (secondary N) is 1. The van der Waals surface area contributed by atoms with Crippen LogP contribution in [0.3, 0.4) is 0 Å². The average molecular weight is 385 g/mol. The van der Waals surface area contributed by atoms with E-state index in [1.165, 1.54) is 12.1 Å². The van der Waals surface area contributed by atoms with Crippen molar-refractivity contribution in [1.82, 2.24) is 10.2 Å². The average Bonchev–Trinajstić information content (AvgIpc) is 2.94. The number of hydrogen-bond donors (Lipinski definition) is 1. The lowest BCUT2D eigenvalue weighted by molar-refractivity contribution is -0.384. The second-order valence-corrected chi connectivity index (χ2v) is 7.69. The van der Waals surface area contributed by atoms with E-state index in [4.69, 9.17) is 0 Å². The molecule has 1 aromatic carbocycles. The van der Waals surface area contributed by atoms with Gasteiger partial charge in [-0.2, -0.15) is 5.26 Å². The lowest BCUT2D eigenvalue weighted by Gasteiger charge is -2.36. The number of benzene rings is 1. The summed E-state index contributed by atoms with van der Waals surface area (Å²) in [6.45, 7) is 3.30. The first kappa shape index (κ1) is 20.1. The van der Waals surface area contributed by atoms with Crippen molar-refractivity contribution in [2.24, 2.45) is 0 Å². The number of carbonyl (C=O) groups excluding carboxylic acids is 1. The first-order chi connectivity index (χ1) is 13.5. The number of rotatable bonds is 5. The summed E-state index contributed by atoms with van der Waals surface area (Å²) in [5.41, 5.74) is 0.342. The van der Waals surface area contributed by atoms with Crippen molar-refractivity contribution in [3.8, 4) is 6.07 Å². The molecule has 0 atom stereocenters. The van der Waals surface area contributed by atoms with Crippen LogP contribution in [-0.2, 0) is 4.79 Å². The first-order valence-electron chi connectivity index (χ1n) is 9.95. The van der Waals surface area contributed by atoms with Crippen LogP contribution in [0.5, 0.6) is 0 Å². The third-order valence-electron chi connectivity index (χ3n) is 5.71. The summed E-state index contributed by atoms with van der Waals surface area (Å²) in [5.74, 6) is -0.0766. The minimum absolute atomic E-state index is 0.0766. The van der Waals surface area contributed by atoms with Crippen molar-refractivity contribution < 1.29 is 9.72 Å². The zero-order valence-corrected chi connectivity index (χ0v) is 16.1. The Hall–Kier alpha value is -2.66. The fraction of sp³-hybridized carbons (Fsp3) is 0.600. The number of nitro groups is 1. The summed E-state index contributed by atoms with van der Waals surface area (Å²) < 4.78 is 0. The molecule has 0 unspecified atom stereocenters. The number of carbonyl (C=O) groups is 1. The lowest BCUT2D eigenvalue weighted by atomic mass is 9.92. The largest absolute Gasteiger partial charge is 0.369 e. The number of amides is 1. The Labute approximate surface area is 165 Å². The quantitative estimate of drug-likeness (QED) is 0.474. The van der Waals surface area contributed by atoms with Crippen LogP contribution >= 0.6 is 0 Å². The second kappa shape index (κ2) is 9.02. The molecule has 150 valence electrons. The first-order valence-corrected chi connectivity index (χ1v) is 9.95. The van der Waals surface area contributed by atoms with Crippen LogP contribution in [0.4, 0.5) is 11.4 Å². The van der Waals surface area contributed by atoms with Gasteiger partial charge in [0, 0.05) is 44.0 Å². The lowest BCUT2D eigenvalue weighted by Crippen LogP contribution is -2.53. The Bertz CT molecular complexity index is 727. The zero-order chi connectivity index (χ0) is 20.0. The molecule has 1 heterocycles. The van der Waals surface area contributed by atoms with Crippen LogP contribution in [0.2, 0.25) is 0 Å². The maximum Gasteiger partial charge on any atom is 0.269 e. The molecule has 0 aromatic heterocycles. The van der Waals surface area contributed by atoms with Gasteiger partial charge in [0.2, 0.25) is 5.91 Å². The summed E-state index contributed by atoms with van der Waals surface area (Å²) in [6.07, 6.45) is 5.71. The summed E-state index contributed by atoms with van der Waals surface area (Å²) >= 11 is 0. The third kappa shape index (κ3) is 4.98. The Morgan fingerprint density at radius 1 is 1.11 bits per heavy atom. The number of nitro benzene ring substituents is 1.